The number of aryl methyl sites for hydroxylation is 1. The predicted molar refractivity (Wildman–Crippen MR) is 62.2 cm³/mol. The highest BCUT2D eigenvalue weighted by molar-refractivity contribution is 6.32. The number of hydrogen-bond donors (Lipinski definition) is 0. The zero-order chi connectivity index (χ0) is 10.1. The molecule has 1 heteroatoms. The van der Waals surface area contributed by atoms with E-state index in [0.29, 0.717) is 5.92 Å². The maximum Gasteiger partial charge on any atom is 0.0475 e. The number of fused-ring (bicyclic) bond motifs is 1. The number of halogens is 1. The van der Waals surface area contributed by atoms with Crippen molar-refractivity contribution >= 4 is 11.6 Å². The number of rotatable bonds is 1. The maximum absolute atomic E-state index is 6.42. The van der Waals surface area contributed by atoms with E-state index >= 15 is 0 Å². The van der Waals surface area contributed by atoms with Crippen molar-refractivity contribution in [1.82, 2.24) is 0 Å². The molecular formula is C13H17Cl. The summed E-state index contributed by atoms with van der Waals surface area (Å²) in [6.45, 7) is 4.41. The number of benzene rings is 1. The molecule has 0 bridgehead atoms. The van der Waals surface area contributed by atoms with E-state index in [9.17, 15) is 0 Å². The van der Waals surface area contributed by atoms with Crippen molar-refractivity contribution in [3.8, 4) is 0 Å². The molecule has 0 heterocycles. The Labute approximate surface area is 91.3 Å². The molecule has 1 aromatic carbocycles. The molecule has 0 nitrogen and oxygen atoms in total. The summed E-state index contributed by atoms with van der Waals surface area (Å²) in [4.78, 5) is 0. The zero-order valence-electron chi connectivity index (χ0n) is 8.94. The summed E-state index contributed by atoms with van der Waals surface area (Å²) >= 11 is 6.42. The van der Waals surface area contributed by atoms with Crippen LogP contribution in [0.5, 0.6) is 0 Å². The zero-order valence-corrected chi connectivity index (χ0v) is 9.69. The van der Waals surface area contributed by atoms with Crippen molar-refractivity contribution in [1.29, 1.82) is 0 Å². The Morgan fingerprint density at radius 1 is 1.14 bits per heavy atom. The third-order valence-corrected chi connectivity index (χ3v) is 3.56. The minimum absolute atomic E-state index is 0.537. The van der Waals surface area contributed by atoms with Gasteiger partial charge in [0.15, 0.2) is 0 Å². The highest BCUT2D eigenvalue weighted by Gasteiger charge is 2.16. The van der Waals surface area contributed by atoms with Gasteiger partial charge in [-0.3, -0.25) is 0 Å². The average molecular weight is 209 g/mol. The van der Waals surface area contributed by atoms with Gasteiger partial charge in [-0.1, -0.05) is 37.6 Å². The third kappa shape index (κ3) is 1.68. The Bertz CT molecular complexity index is 339. The lowest BCUT2D eigenvalue weighted by atomic mass is 9.88. The fraction of sp³-hybridized carbons (Fsp3) is 0.538. The summed E-state index contributed by atoms with van der Waals surface area (Å²) < 4.78 is 0. The molecule has 0 N–H and O–H groups in total. The van der Waals surface area contributed by atoms with Crippen LogP contribution in [0.2, 0.25) is 5.02 Å². The van der Waals surface area contributed by atoms with E-state index in [1.165, 1.54) is 42.4 Å². The topological polar surface area (TPSA) is 0 Å². The van der Waals surface area contributed by atoms with Gasteiger partial charge >= 0.3 is 0 Å². The average Bonchev–Trinajstić information content (AvgIpc) is 2.18. The summed E-state index contributed by atoms with van der Waals surface area (Å²) in [5.74, 6) is 0.537. The van der Waals surface area contributed by atoms with Crippen molar-refractivity contribution < 1.29 is 0 Å². The van der Waals surface area contributed by atoms with Crippen LogP contribution in [0.25, 0.3) is 0 Å². The van der Waals surface area contributed by atoms with E-state index in [2.05, 4.69) is 26.0 Å². The second kappa shape index (κ2) is 3.94. The highest BCUT2D eigenvalue weighted by Crippen LogP contribution is 2.33. The molecule has 0 radical (unpaired) electrons. The lowest BCUT2D eigenvalue weighted by molar-refractivity contribution is 0.682. The molecule has 0 saturated heterocycles. The third-order valence-electron chi connectivity index (χ3n) is 3.11. The Kier molecular flexibility index (Phi) is 2.83. The van der Waals surface area contributed by atoms with Crippen LogP contribution < -0.4 is 0 Å². The SMILES string of the molecule is CC(C)c1ccc2c(c1Cl)CCCC2. The molecule has 1 aliphatic carbocycles. The van der Waals surface area contributed by atoms with Crippen LogP contribution in [0.15, 0.2) is 12.1 Å². The second-order valence-corrected chi connectivity index (χ2v) is 4.85. The largest absolute Gasteiger partial charge is 0.0837 e. The van der Waals surface area contributed by atoms with Gasteiger partial charge in [-0.05, 0) is 48.3 Å². The Hall–Kier alpha value is -0.490. The summed E-state index contributed by atoms with van der Waals surface area (Å²) in [6, 6.07) is 4.48. The molecule has 0 fully saturated rings. The smallest absolute Gasteiger partial charge is 0.0475 e. The van der Waals surface area contributed by atoms with Crippen molar-refractivity contribution in [2.75, 3.05) is 0 Å². The van der Waals surface area contributed by atoms with Gasteiger partial charge in [-0.15, -0.1) is 0 Å². The van der Waals surface area contributed by atoms with Gasteiger partial charge in [0.05, 0.1) is 0 Å². The van der Waals surface area contributed by atoms with E-state index in [0.717, 1.165) is 5.02 Å². The van der Waals surface area contributed by atoms with Gasteiger partial charge < -0.3 is 0 Å². The van der Waals surface area contributed by atoms with Gasteiger partial charge in [-0.25, -0.2) is 0 Å². The molecule has 76 valence electrons. The normalized spacial score (nSPS) is 15.7. The fourth-order valence-electron chi connectivity index (χ4n) is 2.25. The first-order valence-corrected chi connectivity index (χ1v) is 5.88. The molecule has 14 heavy (non-hydrogen) atoms. The minimum Gasteiger partial charge on any atom is -0.0837 e. The van der Waals surface area contributed by atoms with E-state index in [1.54, 1.807) is 0 Å². The summed E-state index contributed by atoms with van der Waals surface area (Å²) in [6.07, 6.45) is 5.01. The predicted octanol–water partition coefficient (Wildman–Crippen LogP) is 4.34. The molecule has 0 spiro atoms. The Balaban J connectivity index is 2.49. The van der Waals surface area contributed by atoms with E-state index in [1.807, 2.05) is 0 Å². The van der Waals surface area contributed by atoms with Crippen LogP contribution >= 0.6 is 11.6 Å². The molecular weight excluding hydrogens is 192 g/mol. The lowest BCUT2D eigenvalue weighted by Crippen LogP contribution is -2.05. The molecule has 0 aliphatic heterocycles. The van der Waals surface area contributed by atoms with E-state index in [4.69, 9.17) is 11.6 Å². The first-order valence-electron chi connectivity index (χ1n) is 5.50. The van der Waals surface area contributed by atoms with Gasteiger partial charge in [0, 0.05) is 5.02 Å². The van der Waals surface area contributed by atoms with Crippen molar-refractivity contribution in [2.45, 2.75) is 45.4 Å². The van der Waals surface area contributed by atoms with Gasteiger partial charge in [0.2, 0.25) is 0 Å². The van der Waals surface area contributed by atoms with Crippen LogP contribution in [-0.4, -0.2) is 0 Å². The molecule has 0 aromatic heterocycles. The van der Waals surface area contributed by atoms with Crippen LogP contribution in [-0.2, 0) is 12.8 Å². The number of hydrogen-bond acceptors (Lipinski definition) is 0. The monoisotopic (exact) mass is 208 g/mol. The molecule has 1 aromatic rings. The molecule has 0 amide bonds. The van der Waals surface area contributed by atoms with Crippen LogP contribution in [0.3, 0.4) is 0 Å². The summed E-state index contributed by atoms with van der Waals surface area (Å²) in [7, 11) is 0. The van der Waals surface area contributed by atoms with Gasteiger partial charge in [0.1, 0.15) is 0 Å². The molecule has 0 unspecified atom stereocenters. The quantitative estimate of drug-likeness (QED) is 0.644. The molecule has 1 aliphatic rings. The Morgan fingerprint density at radius 3 is 2.57 bits per heavy atom. The van der Waals surface area contributed by atoms with E-state index in [-0.39, 0.29) is 0 Å². The fourth-order valence-corrected chi connectivity index (χ4v) is 2.74. The van der Waals surface area contributed by atoms with Crippen LogP contribution in [0.4, 0.5) is 0 Å². The van der Waals surface area contributed by atoms with Crippen molar-refractivity contribution in [3.63, 3.8) is 0 Å². The van der Waals surface area contributed by atoms with Crippen molar-refractivity contribution in [2.24, 2.45) is 0 Å². The lowest BCUT2D eigenvalue weighted by Gasteiger charge is -2.20. The van der Waals surface area contributed by atoms with Gasteiger partial charge in [0.25, 0.3) is 0 Å². The first kappa shape index (κ1) is 10.0. The first-order chi connectivity index (χ1) is 6.70. The van der Waals surface area contributed by atoms with Crippen molar-refractivity contribution in [3.05, 3.63) is 33.8 Å². The van der Waals surface area contributed by atoms with E-state index < -0.39 is 0 Å². The van der Waals surface area contributed by atoms with Gasteiger partial charge in [-0.2, -0.15) is 0 Å². The standard InChI is InChI=1S/C13H17Cl/c1-9(2)11-8-7-10-5-3-4-6-12(10)13(11)14/h7-9H,3-6H2,1-2H3. The second-order valence-electron chi connectivity index (χ2n) is 4.47. The summed E-state index contributed by atoms with van der Waals surface area (Å²) in [5.41, 5.74) is 4.21. The van der Waals surface area contributed by atoms with Crippen LogP contribution in [0, 0.1) is 0 Å². The maximum atomic E-state index is 6.42. The summed E-state index contributed by atoms with van der Waals surface area (Å²) in [5, 5.41) is 1.04. The molecule has 0 atom stereocenters. The minimum atomic E-state index is 0.537. The highest BCUT2D eigenvalue weighted by atomic mass is 35.5. The Morgan fingerprint density at radius 2 is 1.86 bits per heavy atom. The van der Waals surface area contributed by atoms with Crippen LogP contribution in [0.1, 0.15) is 49.3 Å². The molecule has 0 saturated carbocycles. The molecule has 2 rings (SSSR count).